The number of carboxylic acids is 1. The Bertz CT molecular complexity index is 817. The fourth-order valence-corrected chi connectivity index (χ4v) is 4.63. The number of rotatable bonds is 5. The van der Waals surface area contributed by atoms with Gasteiger partial charge in [0, 0.05) is 18.7 Å². The smallest absolute Gasteiger partial charge is 0.326 e. The Labute approximate surface area is 158 Å². The summed E-state index contributed by atoms with van der Waals surface area (Å²) in [7, 11) is 0. The molecular weight excluding hydrogens is 342 g/mol. The number of fused-ring (bicyclic) bond motifs is 1. The molecule has 1 saturated heterocycles. The Balaban J connectivity index is 1.42. The zero-order valence-corrected chi connectivity index (χ0v) is 15.3. The quantitative estimate of drug-likeness (QED) is 0.881. The average molecular weight is 367 g/mol. The molecule has 0 bridgehead atoms. The van der Waals surface area contributed by atoms with Gasteiger partial charge in [0.1, 0.15) is 6.04 Å². The number of hydrogen-bond acceptors (Lipinski definition) is 3. The van der Waals surface area contributed by atoms with Gasteiger partial charge < -0.3 is 10.0 Å². The summed E-state index contributed by atoms with van der Waals surface area (Å²) < 4.78 is 1.80. The number of para-hydroxylation sites is 1. The van der Waals surface area contributed by atoms with Crippen molar-refractivity contribution in [2.75, 3.05) is 0 Å². The van der Waals surface area contributed by atoms with Crippen LogP contribution in [0.4, 0.5) is 0 Å². The standard InChI is InChI=1S/C21H25N3O3/c25-20(24-18-9-5-4-6-16(18)12-19(24)21(26)27)11-10-15-13-22-23(14-15)17-7-2-1-3-8-17/h1-3,7-8,13-14,16,18-19H,4-6,9-12H2,(H,26,27)/t16-,18+,19-/m0/s1. The first-order chi connectivity index (χ1) is 13.1. The second-order valence-corrected chi connectivity index (χ2v) is 7.63. The summed E-state index contributed by atoms with van der Waals surface area (Å²) in [5.41, 5.74) is 1.96. The number of likely N-dealkylation sites (tertiary alicyclic amines) is 1. The molecule has 6 nitrogen and oxygen atoms in total. The van der Waals surface area contributed by atoms with E-state index in [0.717, 1.165) is 36.9 Å². The van der Waals surface area contributed by atoms with Crippen molar-refractivity contribution in [2.24, 2.45) is 5.92 Å². The molecule has 0 radical (unpaired) electrons. The third-order valence-electron chi connectivity index (χ3n) is 5.95. The van der Waals surface area contributed by atoms with Gasteiger partial charge in [-0.1, -0.05) is 31.0 Å². The van der Waals surface area contributed by atoms with Crippen LogP contribution in [-0.2, 0) is 16.0 Å². The van der Waals surface area contributed by atoms with E-state index >= 15 is 0 Å². The van der Waals surface area contributed by atoms with Crippen molar-refractivity contribution in [3.63, 3.8) is 0 Å². The first kappa shape index (κ1) is 17.8. The lowest BCUT2D eigenvalue weighted by Gasteiger charge is -2.33. The molecule has 1 N–H and O–H groups in total. The molecule has 6 heteroatoms. The second-order valence-electron chi connectivity index (χ2n) is 7.63. The fourth-order valence-electron chi connectivity index (χ4n) is 4.63. The monoisotopic (exact) mass is 367 g/mol. The van der Waals surface area contributed by atoms with Crippen molar-refractivity contribution in [1.82, 2.24) is 14.7 Å². The molecule has 2 aliphatic rings. The topological polar surface area (TPSA) is 75.4 Å². The van der Waals surface area contributed by atoms with Gasteiger partial charge in [0.15, 0.2) is 0 Å². The van der Waals surface area contributed by atoms with E-state index in [-0.39, 0.29) is 11.9 Å². The lowest BCUT2D eigenvalue weighted by molar-refractivity contribution is -0.149. The van der Waals surface area contributed by atoms with Gasteiger partial charge in [0.25, 0.3) is 0 Å². The van der Waals surface area contributed by atoms with E-state index in [1.54, 1.807) is 15.8 Å². The van der Waals surface area contributed by atoms with Crippen molar-refractivity contribution < 1.29 is 14.7 Å². The number of aromatic nitrogens is 2. The summed E-state index contributed by atoms with van der Waals surface area (Å²) >= 11 is 0. The minimum absolute atomic E-state index is 0.0377. The highest BCUT2D eigenvalue weighted by Crippen LogP contribution is 2.40. The zero-order valence-electron chi connectivity index (χ0n) is 15.3. The molecule has 3 atom stereocenters. The Kier molecular flexibility index (Phi) is 4.97. The number of benzene rings is 1. The van der Waals surface area contributed by atoms with Gasteiger partial charge >= 0.3 is 5.97 Å². The van der Waals surface area contributed by atoms with Crippen LogP contribution in [0.1, 0.15) is 44.1 Å². The minimum Gasteiger partial charge on any atom is -0.480 e. The molecule has 142 valence electrons. The van der Waals surface area contributed by atoms with E-state index in [0.29, 0.717) is 25.2 Å². The van der Waals surface area contributed by atoms with Gasteiger partial charge in [-0.2, -0.15) is 5.10 Å². The number of aryl methyl sites for hydroxylation is 1. The summed E-state index contributed by atoms with van der Waals surface area (Å²) in [4.78, 5) is 26.3. The molecule has 1 aliphatic carbocycles. The maximum absolute atomic E-state index is 12.9. The Hall–Kier alpha value is -2.63. The van der Waals surface area contributed by atoms with Gasteiger partial charge in [-0.3, -0.25) is 4.79 Å². The van der Waals surface area contributed by atoms with Crippen LogP contribution in [0.5, 0.6) is 0 Å². The van der Waals surface area contributed by atoms with E-state index in [1.807, 2.05) is 36.5 Å². The van der Waals surface area contributed by atoms with Gasteiger partial charge in [-0.25, -0.2) is 9.48 Å². The van der Waals surface area contributed by atoms with Crippen molar-refractivity contribution in [2.45, 2.75) is 57.0 Å². The van der Waals surface area contributed by atoms with Crippen LogP contribution in [0.15, 0.2) is 42.7 Å². The molecule has 4 rings (SSSR count). The van der Waals surface area contributed by atoms with E-state index < -0.39 is 12.0 Å². The van der Waals surface area contributed by atoms with Crippen molar-refractivity contribution in [1.29, 1.82) is 0 Å². The number of carbonyl (C=O) groups excluding carboxylic acids is 1. The molecule has 2 aromatic rings. The molecule has 27 heavy (non-hydrogen) atoms. The fraction of sp³-hybridized carbons (Fsp3) is 0.476. The maximum atomic E-state index is 12.9. The molecule has 2 heterocycles. The number of carboxylic acid groups (broad SMARTS) is 1. The van der Waals surface area contributed by atoms with Crippen molar-refractivity contribution >= 4 is 11.9 Å². The SMILES string of the molecule is O=C(O)[C@@H]1C[C@@H]2CCCC[C@H]2N1C(=O)CCc1cnn(-c2ccccc2)c1. The molecule has 2 fully saturated rings. The molecule has 1 aromatic carbocycles. The molecule has 0 spiro atoms. The number of aliphatic carboxylic acids is 1. The Morgan fingerprint density at radius 1 is 1.15 bits per heavy atom. The predicted molar refractivity (Wildman–Crippen MR) is 101 cm³/mol. The summed E-state index contributed by atoms with van der Waals surface area (Å²) in [5, 5.41) is 14.0. The van der Waals surface area contributed by atoms with Crippen LogP contribution in [0.2, 0.25) is 0 Å². The lowest BCUT2D eigenvalue weighted by Crippen LogP contribution is -2.46. The predicted octanol–water partition coefficient (Wildman–Crippen LogP) is 3.05. The van der Waals surface area contributed by atoms with E-state index in [9.17, 15) is 14.7 Å². The third kappa shape index (κ3) is 3.61. The van der Waals surface area contributed by atoms with Crippen LogP contribution >= 0.6 is 0 Å². The van der Waals surface area contributed by atoms with Gasteiger partial charge in [-0.15, -0.1) is 0 Å². The van der Waals surface area contributed by atoms with Crippen LogP contribution in [0, 0.1) is 5.92 Å². The summed E-state index contributed by atoms with van der Waals surface area (Å²) in [5.74, 6) is -0.552. The largest absolute Gasteiger partial charge is 0.480 e. The highest BCUT2D eigenvalue weighted by Gasteiger charge is 2.47. The van der Waals surface area contributed by atoms with Crippen LogP contribution in [0.3, 0.4) is 0 Å². The number of nitrogens with zero attached hydrogens (tertiary/aromatic N) is 3. The minimum atomic E-state index is -0.866. The van der Waals surface area contributed by atoms with Gasteiger partial charge in [-0.05, 0) is 49.3 Å². The van der Waals surface area contributed by atoms with Crippen molar-refractivity contribution in [3.8, 4) is 5.69 Å². The third-order valence-corrected chi connectivity index (χ3v) is 5.95. The first-order valence-electron chi connectivity index (χ1n) is 9.76. The molecule has 0 unspecified atom stereocenters. The number of carbonyl (C=O) groups is 2. The van der Waals surface area contributed by atoms with Crippen molar-refractivity contribution in [3.05, 3.63) is 48.3 Å². The maximum Gasteiger partial charge on any atom is 0.326 e. The Morgan fingerprint density at radius 3 is 2.70 bits per heavy atom. The second kappa shape index (κ2) is 7.55. The highest BCUT2D eigenvalue weighted by molar-refractivity contribution is 5.85. The van der Waals surface area contributed by atoms with Crippen LogP contribution < -0.4 is 0 Å². The normalized spacial score (nSPS) is 24.6. The Morgan fingerprint density at radius 2 is 1.93 bits per heavy atom. The molecular formula is C21H25N3O3. The van der Waals surface area contributed by atoms with Gasteiger partial charge in [0.05, 0.1) is 11.9 Å². The molecule has 1 aromatic heterocycles. The molecule has 1 amide bonds. The molecule has 1 saturated carbocycles. The zero-order chi connectivity index (χ0) is 18.8. The highest BCUT2D eigenvalue weighted by atomic mass is 16.4. The van der Waals surface area contributed by atoms with Crippen LogP contribution in [0.25, 0.3) is 5.69 Å². The lowest BCUT2D eigenvalue weighted by atomic mass is 9.84. The summed E-state index contributed by atoms with van der Waals surface area (Å²) in [6, 6.07) is 9.29. The number of hydrogen-bond donors (Lipinski definition) is 1. The van der Waals surface area contributed by atoms with E-state index in [4.69, 9.17) is 0 Å². The summed E-state index contributed by atoms with van der Waals surface area (Å²) in [6.07, 6.45) is 9.44. The number of amides is 1. The average Bonchev–Trinajstić information content (AvgIpc) is 3.32. The van der Waals surface area contributed by atoms with Crippen LogP contribution in [-0.4, -0.2) is 43.7 Å². The summed E-state index contributed by atoms with van der Waals surface area (Å²) in [6.45, 7) is 0. The first-order valence-corrected chi connectivity index (χ1v) is 9.76. The van der Waals surface area contributed by atoms with E-state index in [1.165, 1.54) is 0 Å². The molecule has 1 aliphatic heterocycles. The van der Waals surface area contributed by atoms with Gasteiger partial charge in [0.2, 0.25) is 5.91 Å². The van der Waals surface area contributed by atoms with E-state index in [2.05, 4.69) is 5.10 Å².